The molecule has 142 valence electrons. The van der Waals surface area contributed by atoms with Gasteiger partial charge >= 0.3 is 12.0 Å². The third kappa shape index (κ3) is 4.09. The lowest BCUT2D eigenvalue weighted by Gasteiger charge is -2.32. The number of benzene rings is 1. The van der Waals surface area contributed by atoms with Crippen molar-refractivity contribution in [3.63, 3.8) is 0 Å². The molecule has 26 heavy (non-hydrogen) atoms. The number of hydrogen-bond donors (Lipinski definition) is 2. The number of carbonyl (C=O) groups is 2. The van der Waals surface area contributed by atoms with Gasteiger partial charge in [-0.05, 0) is 31.9 Å². The highest BCUT2D eigenvalue weighted by Crippen LogP contribution is 2.37. The van der Waals surface area contributed by atoms with E-state index < -0.39 is 12.0 Å². The van der Waals surface area contributed by atoms with Crippen molar-refractivity contribution < 1.29 is 23.8 Å². The number of rotatable bonds is 6. The molecule has 0 aliphatic carbocycles. The summed E-state index contributed by atoms with van der Waals surface area (Å²) in [5, 5.41) is 5.55. The van der Waals surface area contributed by atoms with Crippen molar-refractivity contribution in [2.24, 2.45) is 5.92 Å². The number of urea groups is 1. The molecule has 2 N–H and O–H groups in total. The molecule has 0 fully saturated rings. The largest absolute Gasteiger partial charge is 0.497 e. The van der Waals surface area contributed by atoms with Crippen LogP contribution in [0.25, 0.3) is 0 Å². The molecule has 1 aromatic rings. The zero-order valence-electron chi connectivity index (χ0n) is 16.0. The minimum Gasteiger partial charge on any atom is -0.497 e. The Balaban J connectivity index is 2.61. The second-order valence-corrected chi connectivity index (χ2v) is 6.58. The Morgan fingerprint density at radius 1 is 1.12 bits per heavy atom. The van der Waals surface area contributed by atoms with E-state index >= 15 is 0 Å². The van der Waals surface area contributed by atoms with Gasteiger partial charge in [-0.2, -0.15) is 0 Å². The molecule has 0 saturated heterocycles. The second kappa shape index (κ2) is 8.12. The van der Waals surface area contributed by atoms with Crippen molar-refractivity contribution in [2.45, 2.75) is 39.8 Å². The van der Waals surface area contributed by atoms with Crippen LogP contribution >= 0.6 is 0 Å². The Kier molecular flexibility index (Phi) is 6.13. The summed E-state index contributed by atoms with van der Waals surface area (Å²) >= 11 is 0. The molecule has 0 saturated carbocycles. The van der Waals surface area contributed by atoms with Crippen LogP contribution in [0.2, 0.25) is 0 Å². The van der Waals surface area contributed by atoms with E-state index in [1.165, 1.54) is 7.11 Å². The summed E-state index contributed by atoms with van der Waals surface area (Å²) in [6, 6.07) is 4.18. The predicted octanol–water partition coefficient (Wildman–Crippen LogP) is 2.92. The fourth-order valence-electron chi connectivity index (χ4n) is 2.84. The first-order chi connectivity index (χ1) is 12.3. The van der Waals surface area contributed by atoms with Crippen molar-refractivity contribution in [1.29, 1.82) is 0 Å². The molecule has 0 aromatic heterocycles. The molecule has 1 aliphatic rings. The van der Waals surface area contributed by atoms with Crippen LogP contribution in [-0.2, 0) is 9.53 Å². The first-order valence-corrected chi connectivity index (χ1v) is 8.52. The van der Waals surface area contributed by atoms with E-state index in [-0.39, 0.29) is 18.1 Å². The summed E-state index contributed by atoms with van der Waals surface area (Å²) in [6.07, 6.45) is -0.278. The lowest BCUT2D eigenvalue weighted by Crippen LogP contribution is -2.47. The van der Waals surface area contributed by atoms with Crippen LogP contribution in [0.4, 0.5) is 4.79 Å². The zero-order valence-corrected chi connectivity index (χ0v) is 16.0. The highest BCUT2D eigenvalue weighted by molar-refractivity contribution is 5.95. The summed E-state index contributed by atoms with van der Waals surface area (Å²) in [7, 11) is 3.09. The number of carbonyl (C=O) groups excluding carboxylic acids is 2. The molecule has 1 aromatic carbocycles. The van der Waals surface area contributed by atoms with E-state index in [1.54, 1.807) is 39.2 Å². The minimum atomic E-state index is -0.687. The van der Waals surface area contributed by atoms with E-state index in [1.807, 2.05) is 13.8 Å². The molecule has 1 unspecified atom stereocenters. The Labute approximate surface area is 153 Å². The van der Waals surface area contributed by atoms with Crippen LogP contribution in [0, 0.1) is 5.92 Å². The molecule has 7 nitrogen and oxygen atoms in total. The van der Waals surface area contributed by atoms with Crippen LogP contribution in [0.3, 0.4) is 0 Å². The van der Waals surface area contributed by atoms with Gasteiger partial charge in [0.25, 0.3) is 0 Å². The third-order valence-electron chi connectivity index (χ3n) is 3.99. The van der Waals surface area contributed by atoms with Crippen LogP contribution in [0.15, 0.2) is 29.5 Å². The van der Waals surface area contributed by atoms with Crippen molar-refractivity contribution in [1.82, 2.24) is 10.6 Å². The average molecular weight is 362 g/mol. The number of ether oxygens (including phenoxy) is 3. The molecule has 7 heteroatoms. The van der Waals surface area contributed by atoms with E-state index in [0.29, 0.717) is 28.3 Å². The number of hydrogen-bond acceptors (Lipinski definition) is 5. The normalized spacial score (nSPS) is 17.1. The Bertz CT molecular complexity index is 725. The summed E-state index contributed by atoms with van der Waals surface area (Å²) in [5.74, 6) is 0.585. The van der Waals surface area contributed by atoms with E-state index in [9.17, 15) is 9.59 Å². The number of amides is 2. The molecule has 1 atom stereocenters. The lowest BCUT2D eigenvalue weighted by molar-refractivity contribution is -0.143. The first-order valence-electron chi connectivity index (χ1n) is 8.52. The number of nitrogens with one attached hydrogen (secondary N) is 2. The molecule has 2 amide bonds. The highest BCUT2D eigenvalue weighted by Gasteiger charge is 2.36. The minimum absolute atomic E-state index is 0.0671. The summed E-state index contributed by atoms with van der Waals surface area (Å²) < 4.78 is 16.1. The Morgan fingerprint density at radius 2 is 1.81 bits per heavy atom. The van der Waals surface area contributed by atoms with Crippen molar-refractivity contribution in [3.8, 4) is 11.5 Å². The fraction of sp³-hybridized carbons (Fsp3) is 0.474. The van der Waals surface area contributed by atoms with Gasteiger partial charge < -0.3 is 24.8 Å². The molecule has 0 radical (unpaired) electrons. The topological polar surface area (TPSA) is 85.9 Å². The van der Waals surface area contributed by atoms with E-state index in [2.05, 4.69) is 10.6 Å². The predicted molar refractivity (Wildman–Crippen MR) is 97.0 cm³/mol. The molecule has 2 rings (SSSR count). The maximum Gasteiger partial charge on any atom is 0.338 e. The molecule has 0 bridgehead atoms. The SMILES string of the molecule is COc1ccc(C2NC(=O)NC(C(C)C)=C2C(=O)OC(C)C)c(OC)c1. The van der Waals surface area contributed by atoms with Crippen LogP contribution in [-0.4, -0.2) is 32.3 Å². The third-order valence-corrected chi connectivity index (χ3v) is 3.99. The van der Waals surface area contributed by atoms with Gasteiger partial charge in [0.15, 0.2) is 0 Å². The second-order valence-electron chi connectivity index (χ2n) is 6.58. The van der Waals surface area contributed by atoms with Gasteiger partial charge in [0.1, 0.15) is 11.5 Å². The zero-order chi connectivity index (χ0) is 19.4. The van der Waals surface area contributed by atoms with Gasteiger partial charge in [-0.15, -0.1) is 0 Å². The Hall–Kier alpha value is -2.70. The van der Waals surface area contributed by atoms with Crippen LogP contribution < -0.4 is 20.1 Å². The van der Waals surface area contributed by atoms with Gasteiger partial charge in [0, 0.05) is 17.3 Å². The van der Waals surface area contributed by atoms with Gasteiger partial charge in [-0.3, -0.25) is 0 Å². The van der Waals surface area contributed by atoms with Gasteiger partial charge in [0.05, 0.1) is 31.9 Å². The van der Waals surface area contributed by atoms with Gasteiger partial charge in [0.2, 0.25) is 0 Å². The molecular formula is C19H26N2O5. The number of methoxy groups -OCH3 is 2. The number of esters is 1. The molecule has 1 aliphatic heterocycles. The maximum atomic E-state index is 12.8. The maximum absolute atomic E-state index is 12.8. The Morgan fingerprint density at radius 3 is 2.35 bits per heavy atom. The standard InChI is InChI=1S/C19H26N2O5/c1-10(2)16-15(18(22)26-11(3)4)17(21-19(23)20-16)13-8-7-12(24-5)9-14(13)25-6/h7-11,17H,1-6H3,(H2,20,21,23). The average Bonchev–Trinajstić information content (AvgIpc) is 2.59. The molecule has 0 spiro atoms. The summed E-state index contributed by atoms with van der Waals surface area (Å²) in [4.78, 5) is 25.0. The summed E-state index contributed by atoms with van der Waals surface area (Å²) in [5.41, 5.74) is 1.57. The van der Waals surface area contributed by atoms with Gasteiger partial charge in [-0.1, -0.05) is 13.8 Å². The molecular weight excluding hydrogens is 336 g/mol. The molecule has 1 heterocycles. The van der Waals surface area contributed by atoms with Crippen molar-refractivity contribution in [3.05, 3.63) is 35.0 Å². The number of allylic oxidation sites excluding steroid dienone is 1. The summed E-state index contributed by atoms with van der Waals surface area (Å²) in [6.45, 7) is 7.38. The van der Waals surface area contributed by atoms with Crippen LogP contribution in [0.5, 0.6) is 11.5 Å². The smallest absolute Gasteiger partial charge is 0.338 e. The van der Waals surface area contributed by atoms with Crippen molar-refractivity contribution in [2.75, 3.05) is 14.2 Å². The van der Waals surface area contributed by atoms with Crippen molar-refractivity contribution >= 4 is 12.0 Å². The first kappa shape index (κ1) is 19.6. The lowest BCUT2D eigenvalue weighted by atomic mass is 9.91. The van der Waals surface area contributed by atoms with Gasteiger partial charge in [-0.25, -0.2) is 9.59 Å². The van der Waals surface area contributed by atoms with Crippen LogP contribution in [0.1, 0.15) is 39.3 Å². The quantitative estimate of drug-likeness (QED) is 0.760. The van der Waals surface area contributed by atoms with E-state index in [0.717, 1.165) is 0 Å². The van der Waals surface area contributed by atoms with E-state index in [4.69, 9.17) is 14.2 Å². The monoisotopic (exact) mass is 362 g/mol. The fourth-order valence-corrected chi connectivity index (χ4v) is 2.84. The highest BCUT2D eigenvalue weighted by atomic mass is 16.5.